The van der Waals surface area contributed by atoms with Gasteiger partial charge in [0.1, 0.15) is 5.75 Å². The van der Waals surface area contributed by atoms with Crippen LogP contribution in [0.25, 0.3) is 0 Å². The summed E-state index contributed by atoms with van der Waals surface area (Å²) in [4.78, 5) is 10.6. The molecule has 1 aromatic carbocycles. The average Bonchev–Trinajstić information content (AvgIpc) is 2.47. The molecule has 5 heteroatoms. The number of benzene rings is 1. The van der Waals surface area contributed by atoms with Crippen molar-refractivity contribution in [1.29, 1.82) is 0 Å². The van der Waals surface area contributed by atoms with Crippen LogP contribution in [-0.4, -0.2) is 25.1 Å². The summed E-state index contributed by atoms with van der Waals surface area (Å²) in [5.41, 5.74) is 11.9. The van der Waals surface area contributed by atoms with Gasteiger partial charge < -0.3 is 21.5 Å². The average molecular weight is 277 g/mol. The third-order valence-corrected chi connectivity index (χ3v) is 3.80. The molecule has 0 spiro atoms. The molecule has 1 saturated carbocycles. The fraction of sp³-hybridized carbons (Fsp3) is 0.533. The van der Waals surface area contributed by atoms with Gasteiger partial charge in [0.15, 0.2) is 6.61 Å². The van der Waals surface area contributed by atoms with Crippen molar-refractivity contribution in [2.75, 3.05) is 18.5 Å². The number of nitrogens with one attached hydrogen (secondary N) is 1. The Kier molecular flexibility index (Phi) is 5.24. The second-order valence-electron chi connectivity index (χ2n) is 5.31. The van der Waals surface area contributed by atoms with E-state index in [-0.39, 0.29) is 6.61 Å². The molecule has 1 fully saturated rings. The van der Waals surface area contributed by atoms with E-state index in [0.717, 1.165) is 12.2 Å². The second kappa shape index (κ2) is 7.14. The number of primary amides is 1. The number of hydrogen-bond donors (Lipinski definition) is 3. The van der Waals surface area contributed by atoms with Crippen molar-refractivity contribution in [1.82, 2.24) is 0 Å². The van der Waals surface area contributed by atoms with Crippen LogP contribution in [0.1, 0.15) is 25.7 Å². The van der Waals surface area contributed by atoms with Crippen molar-refractivity contribution in [2.24, 2.45) is 17.4 Å². The number of carbonyl (C=O) groups excluding carboxylic acids is 1. The molecular formula is C15H23N3O2. The Balaban J connectivity index is 1.90. The molecule has 5 N–H and O–H groups in total. The van der Waals surface area contributed by atoms with Crippen LogP contribution in [0, 0.1) is 5.92 Å². The van der Waals surface area contributed by atoms with Crippen molar-refractivity contribution in [3.63, 3.8) is 0 Å². The van der Waals surface area contributed by atoms with Crippen LogP contribution in [0.15, 0.2) is 24.3 Å². The lowest BCUT2D eigenvalue weighted by Crippen LogP contribution is -2.36. The third kappa shape index (κ3) is 4.13. The van der Waals surface area contributed by atoms with Gasteiger partial charge in [0.2, 0.25) is 0 Å². The van der Waals surface area contributed by atoms with Gasteiger partial charge in [-0.3, -0.25) is 4.79 Å². The zero-order valence-corrected chi connectivity index (χ0v) is 11.7. The van der Waals surface area contributed by atoms with Gasteiger partial charge in [-0.15, -0.1) is 0 Å². The minimum atomic E-state index is -0.472. The summed E-state index contributed by atoms with van der Waals surface area (Å²) in [6.45, 7) is 0.641. The molecule has 2 rings (SSSR count). The molecule has 110 valence electrons. The number of ether oxygens (including phenoxy) is 1. The number of rotatable bonds is 6. The summed E-state index contributed by atoms with van der Waals surface area (Å²) in [5.74, 6) is 0.725. The van der Waals surface area contributed by atoms with E-state index >= 15 is 0 Å². The van der Waals surface area contributed by atoms with Crippen LogP contribution in [0.3, 0.4) is 0 Å². The molecule has 0 heterocycles. The van der Waals surface area contributed by atoms with Crippen molar-refractivity contribution < 1.29 is 9.53 Å². The van der Waals surface area contributed by atoms with Gasteiger partial charge in [-0.1, -0.05) is 12.8 Å². The zero-order valence-electron chi connectivity index (χ0n) is 11.7. The first-order valence-corrected chi connectivity index (χ1v) is 7.17. The zero-order chi connectivity index (χ0) is 14.4. The quantitative estimate of drug-likeness (QED) is 0.734. The number of anilines is 1. The van der Waals surface area contributed by atoms with Gasteiger partial charge in [0.05, 0.1) is 0 Å². The molecule has 2 atom stereocenters. The first-order valence-electron chi connectivity index (χ1n) is 7.17. The molecule has 0 saturated heterocycles. The fourth-order valence-corrected chi connectivity index (χ4v) is 2.70. The highest BCUT2D eigenvalue weighted by molar-refractivity contribution is 5.75. The Hall–Kier alpha value is -1.75. The van der Waals surface area contributed by atoms with Crippen LogP contribution in [0.2, 0.25) is 0 Å². The molecule has 2 unspecified atom stereocenters. The van der Waals surface area contributed by atoms with E-state index < -0.39 is 5.91 Å². The van der Waals surface area contributed by atoms with Crippen molar-refractivity contribution in [3.8, 4) is 5.75 Å². The molecule has 20 heavy (non-hydrogen) atoms. The second-order valence-corrected chi connectivity index (χ2v) is 5.31. The lowest BCUT2D eigenvalue weighted by molar-refractivity contribution is -0.119. The molecule has 0 aliphatic heterocycles. The molecule has 0 radical (unpaired) electrons. The normalized spacial score (nSPS) is 22.2. The summed E-state index contributed by atoms with van der Waals surface area (Å²) in [7, 11) is 0. The van der Waals surface area contributed by atoms with E-state index in [0.29, 0.717) is 17.7 Å². The van der Waals surface area contributed by atoms with Crippen LogP contribution in [0.4, 0.5) is 5.69 Å². The standard InChI is InChI=1S/C15H23N3O2/c16-9-11-3-1-2-4-14(11)18-12-5-7-13(8-6-12)20-10-15(17)19/h5-8,11,14,18H,1-4,9-10,16H2,(H2,17,19). The molecule has 1 aliphatic rings. The van der Waals surface area contributed by atoms with Crippen LogP contribution >= 0.6 is 0 Å². The van der Waals surface area contributed by atoms with E-state index in [4.69, 9.17) is 16.2 Å². The van der Waals surface area contributed by atoms with Gasteiger partial charge >= 0.3 is 0 Å². The van der Waals surface area contributed by atoms with E-state index in [2.05, 4.69) is 5.32 Å². The molecule has 0 bridgehead atoms. The van der Waals surface area contributed by atoms with E-state index in [1.165, 1.54) is 25.7 Å². The Labute approximate surface area is 119 Å². The number of nitrogens with two attached hydrogens (primary N) is 2. The van der Waals surface area contributed by atoms with Crippen molar-refractivity contribution >= 4 is 11.6 Å². The van der Waals surface area contributed by atoms with E-state index in [9.17, 15) is 4.79 Å². The van der Waals surface area contributed by atoms with E-state index in [1.54, 1.807) is 0 Å². The first kappa shape index (κ1) is 14.7. The Morgan fingerprint density at radius 2 is 1.95 bits per heavy atom. The van der Waals surface area contributed by atoms with Crippen molar-refractivity contribution in [2.45, 2.75) is 31.7 Å². The Morgan fingerprint density at radius 3 is 2.60 bits per heavy atom. The first-order chi connectivity index (χ1) is 9.69. The molecule has 5 nitrogen and oxygen atoms in total. The smallest absolute Gasteiger partial charge is 0.255 e. The van der Waals surface area contributed by atoms with Gasteiger partial charge in [-0.2, -0.15) is 0 Å². The largest absolute Gasteiger partial charge is 0.484 e. The topological polar surface area (TPSA) is 90.4 Å². The fourth-order valence-electron chi connectivity index (χ4n) is 2.70. The van der Waals surface area contributed by atoms with Crippen molar-refractivity contribution in [3.05, 3.63) is 24.3 Å². The highest BCUT2D eigenvalue weighted by Gasteiger charge is 2.23. The summed E-state index contributed by atoms with van der Waals surface area (Å²) in [6.07, 6.45) is 4.91. The molecule has 1 amide bonds. The molecule has 1 aromatic rings. The Morgan fingerprint density at radius 1 is 1.25 bits per heavy atom. The maximum atomic E-state index is 10.6. The van der Waals surface area contributed by atoms with Gasteiger partial charge in [-0.05, 0) is 49.6 Å². The lowest BCUT2D eigenvalue weighted by Gasteiger charge is -2.32. The molecule has 1 aliphatic carbocycles. The predicted octanol–water partition coefficient (Wildman–Crippen LogP) is 1.48. The van der Waals surface area contributed by atoms with Crippen LogP contribution < -0.4 is 21.5 Å². The number of hydrogen-bond acceptors (Lipinski definition) is 4. The summed E-state index contributed by atoms with van der Waals surface area (Å²) in [6, 6.07) is 8.04. The number of amides is 1. The summed E-state index contributed by atoms with van der Waals surface area (Å²) < 4.78 is 5.23. The minimum absolute atomic E-state index is 0.0926. The Bertz CT molecular complexity index is 433. The minimum Gasteiger partial charge on any atom is -0.484 e. The third-order valence-electron chi connectivity index (χ3n) is 3.80. The van der Waals surface area contributed by atoms with Crippen LogP contribution in [-0.2, 0) is 4.79 Å². The highest BCUT2D eigenvalue weighted by atomic mass is 16.5. The van der Waals surface area contributed by atoms with Gasteiger partial charge in [0, 0.05) is 11.7 Å². The lowest BCUT2D eigenvalue weighted by atomic mass is 9.84. The maximum absolute atomic E-state index is 10.6. The molecule has 0 aromatic heterocycles. The SMILES string of the molecule is NCC1CCCCC1Nc1ccc(OCC(N)=O)cc1. The summed E-state index contributed by atoms with van der Waals surface area (Å²) >= 11 is 0. The van der Waals surface area contributed by atoms with Crippen LogP contribution in [0.5, 0.6) is 5.75 Å². The highest BCUT2D eigenvalue weighted by Crippen LogP contribution is 2.27. The van der Waals surface area contributed by atoms with E-state index in [1.807, 2.05) is 24.3 Å². The van der Waals surface area contributed by atoms with Gasteiger partial charge in [0.25, 0.3) is 5.91 Å². The van der Waals surface area contributed by atoms with Gasteiger partial charge in [-0.25, -0.2) is 0 Å². The molecular weight excluding hydrogens is 254 g/mol. The summed E-state index contributed by atoms with van der Waals surface area (Å²) in [5, 5.41) is 3.55. The number of carbonyl (C=O) groups is 1. The predicted molar refractivity (Wildman–Crippen MR) is 79.6 cm³/mol. The maximum Gasteiger partial charge on any atom is 0.255 e. The monoisotopic (exact) mass is 277 g/mol.